The zero-order valence-corrected chi connectivity index (χ0v) is 25.3. The number of anilines is 1. The van der Waals surface area contributed by atoms with Crippen LogP contribution in [0.3, 0.4) is 0 Å². The third-order valence-electron chi connectivity index (χ3n) is 8.46. The quantitative estimate of drug-likeness (QED) is 0.257. The molecule has 1 amide bonds. The van der Waals surface area contributed by atoms with Crippen LogP contribution in [0, 0.1) is 5.92 Å². The van der Waals surface area contributed by atoms with Crippen LogP contribution in [0.1, 0.15) is 63.0 Å². The minimum Gasteiger partial charge on any atom is -0.326 e. The highest BCUT2D eigenvalue weighted by Crippen LogP contribution is 2.28. The lowest BCUT2D eigenvalue weighted by Crippen LogP contribution is -2.30. The fourth-order valence-corrected chi connectivity index (χ4v) is 6.35. The van der Waals surface area contributed by atoms with Crippen LogP contribution in [0.15, 0.2) is 90.0 Å². The van der Waals surface area contributed by atoms with Gasteiger partial charge >= 0.3 is 0 Å². The summed E-state index contributed by atoms with van der Waals surface area (Å²) in [5.74, 6) is 0.131. The Labute approximate surface area is 255 Å². The highest BCUT2D eigenvalue weighted by Gasteiger charge is 2.29. The number of carbonyl (C=O) groups is 2. The number of nitrogens with zero attached hydrogens (tertiary/aromatic N) is 1. The van der Waals surface area contributed by atoms with Crippen LogP contribution < -0.4 is 5.32 Å². The Morgan fingerprint density at radius 2 is 1.76 bits per heavy atom. The molecule has 1 unspecified atom stereocenters. The van der Waals surface area contributed by atoms with E-state index < -0.39 is 0 Å². The zero-order chi connectivity index (χ0) is 29.3. The van der Waals surface area contributed by atoms with Gasteiger partial charge in [0.25, 0.3) is 0 Å². The standard InChI is InChI=1S/C37H41ClN2O2/c1-2-30-18-19-34(24-36(30)38)39-37(42)33-20-21-40(25-33)26-35(41)23-28-9-7-6-8-27(12-13-28)22-29-14-16-32(17-15-29)31-10-4-3-5-11-31/h3-5,9-11,14-19,22,24,33H,2,6-8,12-13,20-21,23,25-26H2,1H3,(H,39,42). The molecule has 5 heteroatoms. The lowest BCUT2D eigenvalue weighted by Gasteiger charge is -2.17. The molecule has 1 fully saturated rings. The first-order valence-corrected chi connectivity index (χ1v) is 15.7. The maximum Gasteiger partial charge on any atom is 0.228 e. The van der Waals surface area contributed by atoms with Gasteiger partial charge in [0.05, 0.1) is 12.5 Å². The first-order valence-electron chi connectivity index (χ1n) is 15.3. The Bertz CT molecular complexity index is 1440. The van der Waals surface area contributed by atoms with Gasteiger partial charge in [0.2, 0.25) is 5.91 Å². The third-order valence-corrected chi connectivity index (χ3v) is 8.81. The van der Waals surface area contributed by atoms with Gasteiger partial charge < -0.3 is 5.32 Å². The summed E-state index contributed by atoms with van der Waals surface area (Å²) in [5.41, 5.74) is 8.21. The van der Waals surface area contributed by atoms with Crippen molar-refractivity contribution in [3.63, 3.8) is 0 Å². The Kier molecular flexibility index (Phi) is 10.4. The molecular formula is C37H41ClN2O2. The van der Waals surface area contributed by atoms with Gasteiger partial charge in [0.15, 0.2) is 5.78 Å². The van der Waals surface area contributed by atoms with E-state index in [-0.39, 0.29) is 17.6 Å². The van der Waals surface area contributed by atoms with Crippen LogP contribution >= 0.6 is 11.6 Å². The van der Waals surface area contributed by atoms with Crippen molar-refractivity contribution in [1.82, 2.24) is 4.90 Å². The van der Waals surface area contributed by atoms with Crippen LogP contribution in [0.4, 0.5) is 5.69 Å². The van der Waals surface area contributed by atoms with Crippen LogP contribution in [-0.4, -0.2) is 36.2 Å². The first kappa shape index (κ1) is 30.0. The van der Waals surface area contributed by atoms with Crippen molar-refractivity contribution in [2.75, 3.05) is 25.0 Å². The van der Waals surface area contributed by atoms with E-state index in [9.17, 15) is 9.59 Å². The number of benzene rings is 3. The molecule has 1 N–H and O–H groups in total. The van der Waals surface area contributed by atoms with Gasteiger partial charge in [-0.1, -0.05) is 102 Å². The molecule has 218 valence electrons. The maximum absolute atomic E-state index is 13.0. The number of allylic oxidation sites excluding steroid dienone is 3. The molecule has 3 aromatic rings. The summed E-state index contributed by atoms with van der Waals surface area (Å²) in [7, 11) is 0. The average molecular weight is 581 g/mol. The molecule has 1 atom stereocenters. The minimum atomic E-state index is -0.113. The van der Waals surface area contributed by atoms with Gasteiger partial charge in [0.1, 0.15) is 0 Å². The van der Waals surface area contributed by atoms with Crippen molar-refractivity contribution < 1.29 is 9.59 Å². The van der Waals surface area contributed by atoms with Crippen LogP contribution in [0.5, 0.6) is 0 Å². The Morgan fingerprint density at radius 3 is 2.52 bits per heavy atom. The first-order chi connectivity index (χ1) is 20.5. The van der Waals surface area contributed by atoms with Crippen molar-refractivity contribution in [3.8, 4) is 11.1 Å². The molecule has 42 heavy (non-hydrogen) atoms. The van der Waals surface area contributed by atoms with E-state index in [2.05, 4.69) is 77.8 Å². The number of aryl methyl sites for hydroxylation is 1. The second-order valence-electron chi connectivity index (χ2n) is 11.6. The number of hydrogen-bond acceptors (Lipinski definition) is 3. The summed E-state index contributed by atoms with van der Waals surface area (Å²) in [6, 6.07) is 24.9. The number of nitrogens with one attached hydrogen (secondary N) is 1. The summed E-state index contributed by atoms with van der Waals surface area (Å²) < 4.78 is 0. The number of Topliss-reactive ketones (excluding diaryl/α,β-unsaturated/α-hetero) is 1. The molecule has 0 saturated carbocycles. The van der Waals surface area contributed by atoms with E-state index in [1.807, 2.05) is 24.3 Å². The number of amides is 1. The van der Waals surface area contributed by atoms with Crippen molar-refractivity contribution >= 4 is 35.1 Å². The molecule has 1 aliphatic carbocycles. The molecule has 0 aromatic heterocycles. The molecular weight excluding hydrogens is 540 g/mol. The van der Waals surface area contributed by atoms with Crippen LogP contribution in [0.25, 0.3) is 17.2 Å². The van der Waals surface area contributed by atoms with E-state index in [1.54, 1.807) is 0 Å². The smallest absolute Gasteiger partial charge is 0.228 e. The number of carbonyl (C=O) groups excluding carboxylic acids is 2. The van der Waals surface area contributed by atoms with Gasteiger partial charge in [-0.25, -0.2) is 0 Å². The van der Waals surface area contributed by atoms with Gasteiger partial charge in [0, 0.05) is 23.7 Å². The number of halogens is 1. The van der Waals surface area contributed by atoms with E-state index in [4.69, 9.17) is 11.6 Å². The Morgan fingerprint density at radius 1 is 0.976 bits per heavy atom. The number of likely N-dealkylation sites (tertiary alicyclic amines) is 1. The second-order valence-corrected chi connectivity index (χ2v) is 12.0. The van der Waals surface area contributed by atoms with E-state index in [1.165, 1.54) is 27.8 Å². The number of hydrogen-bond donors (Lipinski definition) is 1. The SMILES string of the molecule is CCc1ccc(NC(=O)C2CCN(CC(=O)CC3=CCCCC(=Cc4ccc(-c5ccccc5)cc4)CC3)C2)cc1Cl. The zero-order valence-electron chi connectivity index (χ0n) is 24.6. The predicted molar refractivity (Wildman–Crippen MR) is 175 cm³/mol. The topological polar surface area (TPSA) is 49.4 Å². The van der Waals surface area contributed by atoms with Crippen molar-refractivity contribution in [3.05, 3.63) is 106 Å². The van der Waals surface area contributed by atoms with Crippen molar-refractivity contribution in [1.29, 1.82) is 0 Å². The Hall–Kier alpha value is -3.47. The highest BCUT2D eigenvalue weighted by molar-refractivity contribution is 6.31. The van der Waals surface area contributed by atoms with Crippen molar-refractivity contribution in [2.24, 2.45) is 5.92 Å². The monoisotopic (exact) mass is 580 g/mol. The Balaban J connectivity index is 1.09. The molecule has 1 saturated heterocycles. The molecule has 0 bridgehead atoms. The summed E-state index contributed by atoms with van der Waals surface area (Å²) in [6.45, 7) is 3.86. The van der Waals surface area contributed by atoms with Gasteiger partial charge in [-0.3, -0.25) is 14.5 Å². The summed E-state index contributed by atoms with van der Waals surface area (Å²) in [4.78, 5) is 28.0. The van der Waals surface area contributed by atoms with Crippen molar-refractivity contribution in [2.45, 2.75) is 58.3 Å². The molecule has 0 radical (unpaired) electrons. The third kappa shape index (κ3) is 8.30. The van der Waals surface area contributed by atoms with E-state index in [0.717, 1.165) is 62.7 Å². The largest absolute Gasteiger partial charge is 0.326 e. The van der Waals surface area contributed by atoms with Gasteiger partial charge in [-0.05, 0) is 85.9 Å². The lowest BCUT2D eigenvalue weighted by molar-refractivity contribution is -0.121. The average Bonchev–Trinajstić information content (AvgIpc) is 3.46. The predicted octanol–water partition coefficient (Wildman–Crippen LogP) is 8.76. The number of rotatable bonds is 9. The van der Waals surface area contributed by atoms with Gasteiger partial charge in [-0.2, -0.15) is 0 Å². The summed E-state index contributed by atoms with van der Waals surface area (Å²) in [6.07, 6.45) is 11.9. The fraction of sp³-hybridized carbons (Fsp3) is 0.351. The number of ketones is 1. The van der Waals surface area contributed by atoms with Crippen LogP contribution in [-0.2, 0) is 16.0 Å². The second kappa shape index (κ2) is 14.6. The summed E-state index contributed by atoms with van der Waals surface area (Å²) in [5, 5.41) is 3.69. The molecule has 4 nitrogen and oxygen atoms in total. The van der Waals surface area contributed by atoms with E-state index in [0.29, 0.717) is 24.5 Å². The highest BCUT2D eigenvalue weighted by atomic mass is 35.5. The van der Waals surface area contributed by atoms with Crippen LogP contribution in [0.2, 0.25) is 5.02 Å². The molecule has 1 aliphatic heterocycles. The molecule has 3 aromatic carbocycles. The molecule has 0 spiro atoms. The minimum absolute atomic E-state index is 0.00186. The normalized spacial score (nSPS) is 18.8. The molecule has 5 rings (SSSR count). The molecule has 1 heterocycles. The molecule has 2 aliphatic rings. The fourth-order valence-electron chi connectivity index (χ4n) is 6.03. The van der Waals surface area contributed by atoms with E-state index >= 15 is 0 Å². The maximum atomic E-state index is 13.0. The van der Waals surface area contributed by atoms with Gasteiger partial charge in [-0.15, -0.1) is 0 Å². The lowest BCUT2D eigenvalue weighted by atomic mass is 9.92. The summed E-state index contributed by atoms with van der Waals surface area (Å²) >= 11 is 6.32.